The van der Waals surface area contributed by atoms with Gasteiger partial charge in [0.05, 0.1) is 7.11 Å². The van der Waals surface area contributed by atoms with Crippen LogP contribution in [0, 0.1) is 13.8 Å². The smallest absolute Gasteiger partial charge is 0.260 e. The molecule has 3 rings (SSSR count). The Morgan fingerprint density at radius 1 is 1.11 bits per heavy atom. The number of aryl methyl sites for hydroxylation is 2. The Morgan fingerprint density at radius 2 is 1.78 bits per heavy atom. The molecule has 144 valence electrons. The van der Waals surface area contributed by atoms with Crippen LogP contribution in [0.25, 0.3) is 0 Å². The molecule has 1 saturated heterocycles. The van der Waals surface area contributed by atoms with Crippen LogP contribution in [0.15, 0.2) is 42.5 Å². The van der Waals surface area contributed by atoms with Crippen molar-refractivity contribution in [2.45, 2.75) is 32.7 Å². The second-order valence-corrected chi connectivity index (χ2v) is 7.04. The molecule has 0 aromatic heterocycles. The summed E-state index contributed by atoms with van der Waals surface area (Å²) in [6.07, 6.45) is 1.85. The predicted octanol–water partition coefficient (Wildman–Crippen LogP) is 3.79. The van der Waals surface area contributed by atoms with E-state index in [0.717, 1.165) is 54.2 Å². The first kappa shape index (κ1) is 19.1. The van der Waals surface area contributed by atoms with Crippen molar-refractivity contribution in [3.05, 3.63) is 53.6 Å². The number of hydrogen-bond donors (Lipinski definition) is 1. The largest absolute Gasteiger partial charge is 0.497 e. The normalized spacial score (nSPS) is 14.7. The van der Waals surface area contributed by atoms with E-state index in [9.17, 15) is 4.79 Å². The lowest BCUT2D eigenvalue weighted by molar-refractivity contribution is -0.134. The van der Waals surface area contributed by atoms with Crippen molar-refractivity contribution in [3.8, 4) is 11.5 Å². The minimum absolute atomic E-state index is 0.0532. The van der Waals surface area contributed by atoms with Crippen LogP contribution in [0.5, 0.6) is 11.5 Å². The van der Waals surface area contributed by atoms with E-state index < -0.39 is 0 Å². The quantitative estimate of drug-likeness (QED) is 0.843. The van der Waals surface area contributed by atoms with Gasteiger partial charge in [0, 0.05) is 30.9 Å². The van der Waals surface area contributed by atoms with E-state index in [1.165, 1.54) is 0 Å². The molecule has 1 fully saturated rings. The Kier molecular flexibility index (Phi) is 6.22. The number of hydrogen-bond acceptors (Lipinski definition) is 4. The highest BCUT2D eigenvalue weighted by atomic mass is 16.5. The van der Waals surface area contributed by atoms with Crippen LogP contribution in [0.3, 0.4) is 0 Å². The van der Waals surface area contributed by atoms with Crippen molar-refractivity contribution in [2.75, 3.05) is 32.1 Å². The van der Waals surface area contributed by atoms with Gasteiger partial charge in [-0.25, -0.2) is 0 Å². The van der Waals surface area contributed by atoms with Crippen LogP contribution < -0.4 is 14.8 Å². The molecule has 1 amide bonds. The Hall–Kier alpha value is -2.69. The summed E-state index contributed by atoms with van der Waals surface area (Å²) in [6.45, 7) is 5.60. The standard InChI is InChI=1S/C22H28N2O3/c1-16-6-4-7-17(2)22(16)27-15-21(25)24-12-10-18(11-13-24)23-19-8-5-9-20(14-19)26-3/h4-9,14,18,23H,10-13,15H2,1-3H3. The maximum absolute atomic E-state index is 12.5. The fourth-order valence-electron chi connectivity index (χ4n) is 3.47. The van der Waals surface area contributed by atoms with Crippen molar-refractivity contribution in [1.82, 2.24) is 4.90 Å². The number of piperidine rings is 1. The number of carbonyl (C=O) groups excluding carboxylic acids is 1. The van der Waals surface area contributed by atoms with E-state index in [4.69, 9.17) is 9.47 Å². The molecule has 1 heterocycles. The number of carbonyl (C=O) groups is 1. The molecule has 0 aliphatic carbocycles. The summed E-state index contributed by atoms with van der Waals surface area (Å²) in [5.41, 5.74) is 3.17. The zero-order valence-corrected chi connectivity index (χ0v) is 16.3. The lowest BCUT2D eigenvalue weighted by atomic mass is 10.0. The average Bonchev–Trinajstić information content (AvgIpc) is 2.68. The molecule has 0 saturated carbocycles. The number of nitrogens with zero attached hydrogens (tertiary/aromatic N) is 1. The van der Waals surface area contributed by atoms with Crippen LogP contribution in [-0.2, 0) is 4.79 Å². The minimum atomic E-state index is 0.0532. The maximum atomic E-state index is 12.5. The molecular formula is C22H28N2O3. The third kappa shape index (κ3) is 4.94. The number of likely N-dealkylation sites (tertiary alicyclic amines) is 1. The Labute approximate surface area is 161 Å². The van der Waals surface area contributed by atoms with Crippen LogP contribution in [0.1, 0.15) is 24.0 Å². The van der Waals surface area contributed by atoms with Crippen LogP contribution in [0.4, 0.5) is 5.69 Å². The highest BCUT2D eigenvalue weighted by Gasteiger charge is 2.23. The number of nitrogens with one attached hydrogen (secondary N) is 1. The highest BCUT2D eigenvalue weighted by Crippen LogP contribution is 2.23. The molecule has 2 aromatic carbocycles. The van der Waals surface area contributed by atoms with Gasteiger partial charge in [-0.1, -0.05) is 24.3 Å². The number of anilines is 1. The second-order valence-electron chi connectivity index (χ2n) is 7.04. The molecule has 0 atom stereocenters. The first-order chi connectivity index (χ1) is 13.1. The van der Waals surface area contributed by atoms with Gasteiger partial charge in [0.2, 0.25) is 0 Å². The van der Waals surface area contributed by atoms with Crippen molar-refractivity contribution >= 4 is 11.6 Å². The summed E-state index contributed by atoms with van der Waals surface area (Å²) in [6, 6.07) is 14.3. The fourth-order valence-corrected chi connectivity index (χ4v) is 3.47. The number of benzene rings is 2. The zero-order chi connectivity index (χ0) is 19.2. The number of rotatable bonds is 6. The second kappa shape index (κ2) is 8.80. The van der Waals surface area contributed by atoms with Gasteiger partial charge in [0.1, 0.15) is 11.5 Å². The van der Waals surface area contributed by atoms with Gasteiger partial charge in [-0.2, -0.15) is 0 Å². The topological polar surface area (TPSA) is 50.8 Å². The van der Waals surface area contributed by atoms with Crippen molar-refractivity contribution < 1.29 is 14.3 Å². The van der Waals surface area contributed by atoms with E-state index in [-0.39, 0.29) is 12.5 Å². The lowest BCUT2D eigenvalue weighted by Gasteiger charge is -2.33. The SMILES string of the molecule is COc1cccc(NC2CCN(C(=O)COc3c(C)cccc3C)CC2)c1. The molecule has 1 aliphatic heterocycles. The highest BCUT2D eigenvalue weighted by molar-refractivity contribution is 5.78. The molecule has 0 bridgehead atoms. The van der Waals surface area contributed by atoms with E-state index in [2.05, 4.69) is 5.32 Å². The lowest BCUT2D eigenvalue weighted by Crippen LogP contribution is -2.44. The zero-order valence-electron chi connectivity index (χ0n) is 16.3. The van der Waals surface area contributed by atoms with E-state index in [0.29, 0.717) is 6.04 Å². The molecule has 2 aromatic rings. The van der Waals surface area contributed by atoms with Gasteiger partial charge >= 0.3 is 0 Å². The predicted molar refractivity (Wildman–Crippen MR) is 108 cm³/mol. The molecule has 5 heteroatoms. The van der Waals surface area contributed by atoms with Crippen LogP contribution in [0.2, 0.25) is 0 Å². The monoisotopic (exact) mass is 368 g/mol. The van der Waals surface area contributed by atoms with Gasteiger partial charge in [0.25, 0.3) is 5.91 Å². The third-order valence-corrected chi connectivity index (χ3v) is 5.04. The number of ether oxygens (including phenoxy) is 2. The number of amides is 1. The van der Waals surface area contributed by atoms with E-state index >= 15 is 0 Å². The molecule has 1 aliphatic rings. The number of methoxy groups -OCH3 is 1. The molecule has 5 nitrogen and oxygen atoms in total. The van der Waals surface area contributed by atoms with Gasteiger partial charge in [0.15, 0.2) is 6.61 Å². The van der Waals surface area contributed by atoms with E-state index in [1.807, 2.05) is 61.2 Å². The fraction of sp³-hybridized carbons (Fsp3) is 0.409. The average molecular weight is 368 g/mol. The first-order valence-electron chi connectivity index (χ1n) is 9.44. The number of para-hydroxylation sites is 1. The van der Waals surface area contributed by atoms with Crippen LogP contribution in [-0.4, -0.2) is 43.7 Å². The summed E-state index contributed by atoms with van der Waals surface area (Å²) in [5.74, 6) is 1.72. The third-order valence-electron chi connectivity index (χ3n) is 5.04. The summed E-state index contributed by atoms with van der Waals surface area (Å²) < 4.78 is 11.1. The van der Waals surface area contributed by atoms with Gasteiger partial charge in [-0.3, -0.25) is 4.79 Å². The Balaban J connectivity index is 1.47. The summed E-state index contributed by atoms with van der Waals surface area (Å²) in [4.78, 5) is 14.4. The van der Waals surface area contributed by atoms with Gasteiger partial charge < -0.3 is 19.7 Å². The molecule has 1 N–H and O–H groups in total. The molecule has 27 heavy (non-hydrogen) atoms. The summed E-state index contributed by atoms with van der Waals surface area (Å²) >= 11 is 0. The minimum Gasteiger partial charge on any atom is -0.497 e. The Bertz CT molecular complexity index is 763. The summed E-state index contributed by atoms with van der Waals surface area (Å²) in [7, 11) is 1.67. The Morgan fingerprint density at radius 3 is 2.44 bits per heavy atom. The summed E-state index contributed by atoms with van der Waals surface area (Å²) in [5, 5.41) is 3.54. The van der Waals surface area contributed by atoms with Gasteiger partial charge in [-0.05, 0) is 49.9 Å². The van der Waals surface area contributed by atoms with Crippen molar-refractivity contribution in [3.63, 3.8) is 0 Å². The molecule has 0 radical (unpaired) electrons. The molecule has 0 spiro atoms. The van der Waals surface area contributed by atoms with E-state index in [1.54, 1.807) is 7.11 Å². The molecular weight excluding hydrogens is 340 g/mol. The first-order valence-corrected chi connectivity index (χ1v) is 9.44. The van der Waals surface area contributed by atoms with Crippen molar-refractivity contribution in [2.24, 2.45) is 0 Å². The maximum Gasteiger partial charge on any atom is 0.260 e. The molecule has 0 unspecified atom stereocenters. The van der Waals surface area contributed by atoms with Gasteiger partial charge in [-0.15, -0.1) is 0 Å². The van der Waals surface area contributed by atoms with Crippen LogP contribution >= 0.6 is 0 Å². The van der Waals surface area contributed by atoms with Crippen molar-refractivity contribution in [1.29, 1.82) is 0 Å².